The second kappa shape index (κ2) is 1.79. The Morgan fingerprint density at radius 2 is 2.44 bits per heavy atom. The summed E-state index contributed by atoms with van der Waals surface area (Å²) >= 11 is 0. The number of fused-ring (bicyclic) bond motifs is 2. The van der Waals surface area contributed by atoms with E-state index in [-0.39, 0.29) is 6.23 Å². The zero-order valence-corrected chi connectivity index (χ0v) is 5.08. The molecule has 2 bridgehead atoms. The van der Waals surface area contributed by atoms with E-state index < -0.39 is 0 Å². The Labute approximate surface area is 54.2 Å². The SMILES string of the molecule is C1=CC2C=COC(C2)N1. The van der Waals surface area contributed by atoms with Crippen LogP contribution in [-0.4, -0.2) is 6.23 Å². The van der Waals surface area contributed by atoms with Gasteiger partial charge in [0.15, 0.2) is 6.23 Å². The Morgan fingerprint density at radius 1 is 1.44 bits per heavy atom. The van der Waals surface area contributed by atoms with Gasteiger partial charge in [0.1, 0.15) is 0 Å². The summed E-state index contributed by atoms with van der Waals surface area (Å²) in [7, 11) is 0. The molecule has 0 radical (unpaired) electrons. The highest BCUT2D eigenvalue weighted by molar-refractivity contribution is 5.05. The van der Waals surface area contributed by atoms with E-state index in [1.165, 1.54) is 0 Å². The summed E-state index contributed by atoms with van der Waals surface area (Å²) in [5, 5.41) is 3.10. The minimum atomic E-state index is 0.227. The maximum absolute atomic E-state index is 5.21. The topological polar surface area (TPSA) is 21.3 Å². The summed E-state index contributed by atoms with van der Waals surface area (Å²) in [6.45, 7) is 0. The summed E-state index contributed by atoms with van der Waals surface area (Å²) in [4.78, 5) is 0. The maximum atomic E-state index is 5.21. The van der Waals surface area contributed by atoms with E-state index in [9.17, 15) is 0 Å². The average Bonchev–Trinajstić information content (AvgIpc) is 1.88. The van der Waals surface area contributed by atoms with Crippen LogP contribution in [0, 0.1) is 5.92 Å². The van der Waals surface area contributed by atoms with Crippen molar-refractivity contribution in [2.75, 3.05) is 0 Å². The van der Waals surface area contributed by atoms with Gasteiger partial charge in [-0.1, -0.05) is 6.08 Å². The van der Waals surface area contributed by atoms with Gasteiger partial charge in [-0.2, -0.15) is 0 Å². The van der Waals surface area contributed by atoms with Crippen LogP contribution < -0.4 is 5.32 Å². The number of hydrogen-bond acceptors (Lipinski definition) is 2. The van der Waals surface area contributed by atoms with E-state index in [0.717, 1.165) is 6.42 Å². The molecule has 2 rings (SSSR count). The predicted octanol–water partition coefficient (Wildman–Crippen LogP) is 0.980. The third-order valence-electron chi connectivity index (χ3n) is 1.68. The van der Waals surface area contributed by atoms with Crippen LogP contribution in [0.5, 0.6) is 0 Å². The van der Waals surface area contributed by atoms with Crippen LogP contribution in [0.3, 0.4) is 0 Å². The minimum absolute atomic E-state index is 0.227. The second-order valence-electron chi connectivity index (χ2n) is 2.38. The van der Waals surface area contributed by atoms with Gasteiger partial charge in [-0.05, 0) is 12.3 Å². The highest BCUT2D eigenvalue weighted by atomic mass is 16.5. The first-order valence-electron chi connectivity index (χ1n) is 3.20. The first-order valence-corrected chi connectivity index (χ1v) is 3.20. The summed E-state index contributed by atoms with van der Waals surface area (Å²) in [5.41, 5.74) is 0. The Hall–Kier alpha value is -0.920. The van der Waals surface area contributed by atoms with Gasteiger partial charge in [0.25, 0.3) is 0 Å². The van der Waals surface area contributed by atoms with Crippen LogP contribution in [-0.2, 0) is 4.74 Å². The molecule has 0 aromatic rings. The smallest absolute Gasteiger partial charge is 0.169 e. The van der Waals surface area contributed by atoms with Crippen LogP contribution in [0.25, 0.3) is 0 Å². The fourth-order valence-corrected chi connectivity index (χ4v) is 1.16. The van der Waals surface area contributed by atoms with Gasteiger partial charge in [0.05, 0.1) is 6.26 Å². The van der Waals surface area contributed by atoms with Gasteiger partial charge in [0, 0.05) is 12.3 Å². The van der Waals surface area contributed by atoms with E-state index in [2.05, 4.69) is 17.5 Å². The lowest BCUT2D eigenvalue weighted by molar-refractivity contribution is 0.0889. The van der Waals surface area contributed by atoms with Crippen LogP contribution >= 0.6 is 0 Å². The molecule has 0 aliphatic carbocycles. The molecule has 2 aliphatic heterocycles. The number of nitrogens with one attached hydrogen (secondary N) is 1. The lowest BCUT2D eigenvalue weighted by Gasteiger charge is -2.27. The molecule has 48 valence electrons. The molecule has 2 unspecified atom stereocenters. The third kappa shape index (κ3) is 0.803. The van der Waals surface area contributed by atoms with Crippen LogP contribution in [0.2, 0.25) is 0 Å². The first kappa shape index (κ1) is 4.91. The molecule has 0 fully saturated rings. The summed E-state index contributed by atoms with van der Waals surface area (Å²) in [6.07, 6.45) is 9.26. The molecule has 2 nitrogen and oxygen atoms in total. The molecule has 2 heterocycles. The first-order chi connectivity index (χ1) is 4.45. The van der Waals surface area contributed by atoms with Gasteiger partial charge in [-0.3, -0.25) is 0 Å². The number of hydrogen-bond donors (Lipinski definition) is 1. The molecule has 2 aliphatic rings. The van der Waals surface area contributed by atoms with E-state index in [1.54, 1.807) is 6.26 Å². The Bertz CT molecular complexity index is 146. The van der Waals surface area contributed by atoms with Crippen LogP contribution in [0.1, 0.15) is 6.42 Å². The van der Waals surface area contributed by atoms with Gasteiger partial charge in [-0.25, -0.2) is 0 Å². The van der Waals surface area contributed by atoms with E-state index >= 15 is 0 Å². The maximum Gasteiger partial charge on any atom is 0.169 e. The van der Waals surface area contributed by atoms with E-state index in [1.807, 2.05) is 6.20 Å². The molecule has 9 heavy (non-hydrogen) atoms. The van der Waals surface area contributed by atoms with E-state index in [4.69, 9.17) is 4.74 Å². The van der Waals surface area contributed by atoms with Gasteiger partial charge >= 0.3 is 0 Å². The normalized spacial score (nSPS) is 37.3. The minimum Gasteiger partial charge on any atom is -0.479 e. The molecule has 0 saturated carbocycles. The molecular weight excluding hydrogens is 114 g/mol. The highest BCUT2D eigenvalue weighted by Gasteiger charge is 2.18. The number of allylic oxidation sites excluding steroid dienone is 2. The molecule has 1 N–H and O–H groups in total. The fraction of sp³-hybridized carbons (Fsp3) is 0.429. The summed E-state index contributed by atoms with van der Waals surface area (Å²) < 4.78 is 5.21. The second-order valence-corrected chi connectivity index (χ2v) is 2.38. The van der Waals surface area contributed by atoms with Crippen molar-refractivity contribution in [1.29, 1.82) is 0 Å². The van der Waals surface area contributed by atoms with Crippen molar-refractivity contribution in [3.8, 4) is 0 Å². The van der Waals surface area contributed by atoms with Crippen molar-refractivity contribution < 1.29 is 4.74 Å². The van der Waals surface area contributed by atoms with Crippen molar-refractivity contribution in [2.45, 2.75) is 12.6 Å². The Morgan fingerprint density at radius 3 is 3.22 bits per heavy atom. The van der Waals surface area contributed by atoms with Crippen molar-refractivity contribution in [3.05, 3.63) is 24.6 Å². The quantitative estimate of drug-likeness (QED) is 0.518. The van der Waals surface area contributed by atoms with Crippen LogP contribution in [0.15, 0.2) is 24.6 Å². The lowest BCUT2D eigenvalue weighted by Crippen LogP contribution is -2.33. The fourth-order valence-electron chi connectivity index (χ4n) is 1.16. The van der Waals surface area contributed by atoms with Crippen molar-refractivity contribution in [1.82, 2.24) is 5.32 Å². The third-order valence-corrected chi connectivity index (χ3v) is 1.68. The zero-order valence-electron chi connectivity index (χ0n) is 5.08. The average molecular weight is 123 g/mol. The van der Waals surface area contributed by atoms with Crippen molar-refractivity contribution >= 4 is 0 Å². The highest BCUT2D eigenvalue weighted by Crippen LogP contribution is 2.19. The van der Waals surface area contributed by atoms with E-state index in [0.29, 0.717) is 5.92 Å². The van der Waals surface area contributed by atoms with Gasteiger partial charge in [-0.15, -0.1) is 0 Å². The zero-order chi connectivity index (χ0) is 6.10. The van der Waals surface area contributed by atoms with Gasteiger partial charge < -0.3 is 10.1 Å². The van der Waals surface area contributed by atoms with Crippen molar-refractivity contribution in [3.63, 3.8) is 0 Å². The molecule has 0 aromatic heterocycles. The number of rotatable bonds is 0. The van der Waals surface area contributed by atoms with Crippen LogP contribution in [0.4, 0.5) is 0 Å². The molecule has 2 heteroatoms. The van der Waals surface area contributed by atoms with Gasteiger partial charge in [0.2, 0.25) is 0 Å². The lowest BCUT2D eigenvalue weighted by atomic mass is 10.0. The summed E-state index contributed by atoms with van der Waals surface area (Å²) in [6, 6.07) is 0. The molecular formula is C7H9NO. The predicted molar refractivity (Wildman–Crippen MR) is 34.4 cm³/mol. The standard InChI is InChI=1S/C7H9NO/c1-3-8-7-5-6(1)2-4-9-7/h1-4,6-8H,5H2. The molecule has 0 aromatic carbocycles. The molecule has 0 spiro atoms. The van der Waals surface area contributed by atoms with Crippen molar-refractivity contribution in [2.24, 2.45) is 5.92 Å². The largest absolute Gasteiger partial charge is 0.479 e. The number of ether oxygens (including phenoxy) is 1. The monoisotopic (exact) mass is 123 g/mol. The molecule has 0 saturated heterocycles. The summed E-state index contributed by atoms with van der Waals surface area (Å²) in [5.74, 6) is 0.602. The molecule has 0 amide bonds. The molecule has 2 atom stereocenters. The Kier molecular flexibility index (Phi) is 0.979. The Balaban J connectivity index is 2.21.